The number of β-lactam (4-membered cyclic amide) rings is 1. The lowest BCUT2D eigenvalue weighted by atomic mass is 9.92. The van der Waals surface area contributed by atoms with Gasteiger partial charge in [-0.25, -0.2) is 9.18 Å². The van der Waals surface area contributed by atoms with Crippen molar-refractivity contribution in [3.63, 3.8) is 0 Å². The molecule has 0 aromatic heterocycles. The summed E-state index contributed by atoms with van der Waals surface area (Å²) in [4.78, 5) is 55.0. The van der Waals surface area contributed by atoms with Crippen LogP contribution in [0.3, 0.4) is 0 Å². The van der Waals surface area contributed by atoms with Gasteiger partial charge in [-0.05, 0) is 108 Å². The number of rotatable bonds is 15. The van der Waals surface area contributed by atoms with Gasteiger partial charge in [0.2, 0.25) is 11.0 Å². The zero-order chi connectivity index (χ0) is 41.7. The molecule has 0 radical (unpaired) electrons. The topological polar surface area (TPSA) is 125 Å². The monoisotopic (exact) mass is 840 g/mol. The molecular weight excluding hydrogens is 792 g/mol. The minimum absolute atomic E-state index is 0.114. The van der Waals surface area contributed by atoms with Gasteiger partial charge in [-0.3, -0.25) is 24.6 Å². The van der Waals surface area contributed by atoms with Gasteiger partial charge >= 0.3 is 5.97 Å². The first-order chi connectivity index (χ1) is 26.0. The molecule has 300 valence electrons. The Balaban J connectivity index is 1.80. The third kappa shape index (κ3) is 10.7. The van der Waals surface area contributed by atoms with E-state index in [1.807, 2.05) is 13.8 Å². The lowest BCUT2D eigenvalue weighted by molar-refractivity contribution is -0.384. The number of ether oxygens (including phenoxy) is 2. The third-order valence-corrected chi connectivity index (χ3v) is 17.1. The van der Waals surface area contributed by atoms with E-state index in [0.717, 1.165) is 0 Å². The van der Waals surface area contributed by atoms with E-state index < -0.39 is 42.0 Å². The highest BCUT2D eigenvalue weighted by molar-refractivity contribution is 8.16. The molecule has 10 nitrogen and oxygen atoms in total. The van der Waals surface area contributed by atoms with E-state index in [4.69, 9.17) is 26.1 Å². The van der Waals surface area contributed by atoms with E-state index in [1.54, 1.807) is 57.2 Å². The van der Waals surface area contributed by atoms with Gasteiger partial charge in [0.25, 0.3) is 5.69 Å². The number of thioether (sulfide) groups is 2. The lowest BCUT2D eigenvalue weighted by Gasteiger charge is -2.51. The van der Waals surface area contributed by atoms with Gasteiger partial charge in [-0.15, -0.1) is 11.8 Å². The standard InChI is InChI=1S/C41H49FN2O8S3Si/c1-11-54-36-32(25(2)52-56(9,10)41(6,7)8)35(45)43(36)33(37(46)50-24-26-12-20-30(21-13-26)44(48)49)38(55-39(47)40(3,4)5)51-31-22-16-28(17-23-31)34(53)27-14-18-29(42)19-15-27/h12-23,25,32,36H,11,24H2,1-10H3/t25-,32+,36-/m1/s1. The average molecular weight is 841 g/mol. The van der Waals surface area contributed by atoms with Gasteiger partial charge in [0.05, 0.1) is 27.2 Å². The van der Waals surface area contributed by atoms with Crippen LogP contribution in [0.1, 0.15) is 72.1 Å². The fourth-order valence-electron chi connectivity index (χ4n) is 5.34. The lowest BCUT2D eigenvalue weighted by Crippen LogP contribution is -2.64. The molecule has 0 N–H and O–H groups in total. The number of carbonyl (C=O) groups is 3. The van der Waals surface area contributed by atoms with Crippen LogP contribution in [-0.4, -0.2) is 57.2 Å². The Morgan fingerprint density at radius 1 is 0.964 bits per heavy atom. The van der Waals surface area contributed by atoms with Gasteiger partial charge in [0.1, 0.15) is 18.2 Å². The Morgan fingerprint density at radius 2 is 1.52 bits per heavy atom. The van der Waals surface area contributed by atoms with Crippen molar-refractivity contribution >= 4 is 71.6 Å². The first-order valence-corrected chi connectivity index (χ1v) is 23.3. The van der Waals surface area contributed by atoms with Gasteiger partial charge in [-0.2, -0.15) is 0 Å². The summed E-state index contributed by atoms with van der Waals surface area (Å²) in [5, 5.41) is 10.1. The van der Waals surface area contributed by atoms with Gasteiger partial charge in [0, 0.05) is 17.5 Å². The number of hydrogen-bond donors (Lipinski definition) is 0. The highest BCUT2D eigenvalue weighted by Crippen LogP contribution is 2.46. The summed E-state index contributed by atoms with van der Waals surface area (Å²) in [6.45, 7) is 19.4. The number of nitro groups is 1. The van der Waals surface area contributed by atoms with Crippen LogP contribution in [0.25, 0.3) is 0 Å². The van der Waals surface area contributed by atoms with E-state index in [1.165, 1.54) is 53.1 Å². The molecule has 0 unspecified atom stereocenters. The number of benzene rings is 3. The molecule has 3 aromatic carbocycles. The molecule has 15 heteroatoms. The van der Waals surface area contributed by atoms with Crippen molar-refractivity contribution in [2.45, 2.75) is 91.6 Å². The molecule has 0 spiro atoms. The summed E-state index contributed by atoms with van der Waals surface area (Å²) >= 11 is 7.81. The van der Waals surface area contributed by atoms with Crippen molar-refractivity contribution in [3.05, 3.63) is 116 Å². The Morgan fingerprint density at radius 3 is 2.02 bits per heavy atom. The number of likely N-dealkylation sites (tertiary alicyclic amines) is 1. The van der Waals surface area contributed by atoms with Crippen LogP contribution in [0, 0.1) is 27.3 Å². The Bertz CT molecular complexity index is 1980. The van der Waals surface area contributed by atoms with E-state index in [-0.39, 0.29) is 50.7 Å². The van der Waals surface area contributed by atoms with Crippen molar-refractivity contribution in [2.75, 3.05) is 5.75 Å². The molecule has 0 aliphatic carbocycles. The third-order valence-electron chi connectivity index (χ3n) is 9.59. The molecule has 56 heavy (non-hydrogen) atoms. The van der Waals surface area contributed by atoms with Crippen LogP contribution in [0.15, 0.2) is 83.6 Å². The van der Waals surface area contributed by atoms with Crippen molar-refractivity contribution < 1.29 is 37.6 Å². The summed E-state index contributed by atoms with van der Waals surface area (Å²) < 4.78 is 32.4. The molecule has 3 atom stereocenters. The fourth-order valence-corrected chi connectivity index (χ4v) is 9.17. The number of amides is 1. The number of thiocarbonyl (C=S) groups is 1. The SMILES string of the molecule is CCS[C@@H]1[C@@H]([C@@H](C)O[Si](C)(C)C(C)(C)C)C(=O)N1C(C(=O)OCc1ccc([N+](=O)[O-])cc1)=C(Oc1ccc(C(=S)c2ccc(F)cc2)cc1)SC(=O)C(C)(C)C. The predicted octanol–water partition coefficient (Wildman–Crippen LogP) is 10.0. The van der Waals surface area contributed by atoms with Crippen LogP contribution in [0.2, 0.25) is 18.1 Å². The number of halogens is 1. The molecule has 1 amide bonds. The second kappa shape index (κ2) is 18.1. The van der Waals surface area contributed by atoms with Crippen LogP contribution in [-0.2, 0) is 30.2 Å². The van der Waals surface area contributed by atoms with E-state index in [9.17, 15) is 28.9 Å². The first kappa shape index (κ1) is 44.8. The van der Waals surface area contributed by atoms with Crippen molar-refractivity contribution in [1.29, 1.82) is 0 Å². The van der Waals surface area contributed by atoms with Gasteiger partial charge in [-0.1, -0.05) is 72.8 Å². The highest BCUT2D eigenvalue weighted by atomic mass is 32.2. The fraction of sp³-hybridized carbons (Fsp3) is 0.415. The second-order valence-electron chi connectivity index (χ2n) is 15.9. The Kier molecular flexibility index (Phi) is 14.5. The maximum atomic E-state index is 14.4. The van der Waals surface area contributed by atoms with E-state index in [2.05, 4.69) is 33.9 Å². The summed E-state index contributed by atoms with van der Waals surface area (Å²) in [5.74, 6) is -1.44. The maximum Gasteiger partial charge on any atom is 0.359 e. The molecule has 1 fully saturated rings. The minimum atomic E-state index is -2.31. The van der Waals surface area contributed by atoms with Crippen LogP contribution in [0.5, 0.6) is 5.75 Å². The van der Waals surface area contributed by atoms with Gasteiger partial charge < -0.3 is 13.9 Å². The number of nitrogens with zero attached hydrogens (tertiary/aromatic N) is 2. The average Bonchev–Trinajstić information content (AvgIpc) is 3.11. The van der Waals surface area contributed by atoms with Crippen LogP contribution >= 0.6 is 35.7 Å². The van der Waals surface area contributed by atoms with Gasteiger partial charge in [0.15, 0.2) is 19.1 Å². The zero-order valence-corrected chi connectivity index (χ0v) is 36.8. The molecule has 0 saturated carbocycles. The quantitative estimate of drug-likeness (QED) is 0.0167. The summed E-state index contributed by atoms with van der Waals surface area (Å²) in [6, 6.07) is 18.1. The van der Waals surface area contributed by atoms with Crippen LogP contribution in [0.4, 0.5) is 10.1 Å². The minimum Gasteiger partial charge on any atom is -0.456 e. The van der Waals surface area contributed by atoms with E-state index >= 15 is 0 Å². The van der Waals surface area contributed by atoms with Crippen LogP contribution < -0.4 is 4.74 Å². The smallest absolute Gasteiger partial charge is 0.359 e. The molecule has 3 aromatic rings. The highest BCUT2D eigenvalue weighted by Gasteiger charge is 2.56. The number of esters is 1. The zero-order valence-electron chi connectivity index (χ0n) is 33.3. The molecule has 1 saturated heterocycles. The van der Waals surface area contributed by atoms with Crippen molar-refractivity contribution in [1.82, 2.24) is 4.90 Å². The second-order valence-corrected chi connectivity index (χ2v) is 23.4. The molecule has 0 bridgehead atoms. The molecule has 1 aliphatic heterocycles. The molecular formula is C41H49FN2O8S3Si. The normalized spacial score (nSPS) is 17.1. The molecule has 4 rings (SSSR count). The van der Waals surface area contributed by atoms with Crippen molar-refractivity contribution in [3.8, 4) is 5.75 Å². The first-order valence-electron chi connectivity index (χ1n) is 18.1. The Hall–Kier alpha value is -3.89. The number of non-ortho nitro benzene ring substituents is 1. The molecule has 1 heterocycles. The van der Waals surface area contributed by atoms with Crippen molar-refractivity contribution in [2.24, 2.45) is 11.3 Å². The summed E-state index contributed by atoms with van der Waals surface area (Å²) in [7, 11) is -2.31. The number of hydrogen-bond acceptors (Lipinski definition) is 11. The summed E-state index contributed by atoms with van der Waals surface area (Å²) in [6.07, 6.45) is -0.480. The number of nitro benzene ring substituents is 1. The maximum absolute atomic E-state index is 14.4. The number of carbonyl (C=O) groups excluding carboxylic acids is 3. The predicted molar refractivity (Wildman–Crippen MR) is 226 cm³/mol. The summed E-state index contributed by atoms with van der Waals surface area (Å²) in [5.41, 5.74) is 0.540. The van der Waals surface area contributed by atoms with E-state index in [0.29, 0.717) is 39.1 Å². The largest absolute Gasteiger partial charge is 0.456 e. The Labute approximate surface area is 343 Å². The molecule has 1 aliphatic rings.